The molecule has 0 radical (unpaired) electrons. The number of urea groups is 1. The number of aliphatic hydroxyl groups excluding tert-OH is 1. The molecule has 15 heteroatoms. The van der Waals surface area contributed by atoms with Gasteiger partial charge in [-0.1, -0.05) is 6.07 Å². The molecule has 2 heterocycles. The quantitative estimate of drug-likeness (QED) is 0.0920. The Morgan fingerprint density at radius 3 is 2.72 bits per heavy atom. The van der Waals surface area contributed by atoms with Crippen LogP contribution in [-0.2, 0) is 14.3 Å². The number of methoxy groups -OCH3 is 1. The van der Waals surface area contributed by atoms with Gasteiger partial charge in [0.25, 0.3) is 5.69 Å². The lowest BCUT2D eigenvalue weighted by atomic mass is 9.95. The third-order valence-electron chi connectivity index (χ3n) is 6.67. The first-order chi connectivity index (χ1) is 20.7. The van der Waals surface area contributed by atoms with Gasteiger partial charge in [0.2, 0.25) is 0 Å². The molecule has 0 unspecified atom stereocenters. The highest BCUT2D eigenvalue weighted by Gasteiger charge is 2.32. The van der Waals surface area contributed by atoms with Crippen molar-refractivity contribution >= 4 is 29.6 Å². The van der Waals surface area contributed by atoms with Crippen LogP contribution in [-0.4, -0.2) is 81.1 Å². The van der Waals surface area contributed by atoms with Gasteiger partial charge in [0.15, 0.2) is 17.7 Å². The SMILES string of the molecule is CCOc1cc([C@@H]2NC(=O)NC(C)=C2C(=O)OC)ccc1OC[C@@H](O)N/N=C\c1cc([N+](=O)[O-])ccc1N1CCOCC1. The number of benzene rings is 2. The lowest BCUT2D eigenvalue weighted by molar-refractivity contribution is -0.384. The lowest BCUT2D eigenvalue weighted by Gasteiger charge is -2.29. The van der Waals surface area contributed by atoms with E-state index >= 15 is 0 Å². The summed E-state index contributed by atoms with van der Waals surface area (Å²) in [5, 5.41) is 31.2. The minimum Gasteiger partial charge on any atom is -0.490 e. The number of anilines is 1. The molecule has 2 aromatic rings. The second-order valence-corrected chi connectivity index (χ2v) is 9.51. The molecular weight excluding hydrogens is 564 g/mol. The zero-order valence-corrected chi connectivity index (χ0v) is 24.0. The molecule has 2 aliphatic rings. The molecule has 2 aliphatic heterocycles. The molecule has 0 spiro atoms. The Morgan fingerprint density at radius 1 is 1.26 bits per heavy atom. The van der Waals surface area contributed by atoms with Crippen LogP contribution in [0.2, 0.25) is 0 Å². The number of allylic oxidation sites excluding steroid dienone is 1. The number of amides is 2. The van der Waals surface area contributed by atoms with E-state index in [1.165, 1.54) is 25.5 Å². The minimum atomic E-state index is -1.24. The Bertz CT molecular complexity index is 1410. The van der Waals surface area contributed by atoms with E-state index in [1.807, 2.05) is 4.90 Å². The molecule has 1 fully saturated rings. The van der Waals surface area contributed by atoms with E-state index in [9.17, 15) is 24.8 Å². The zero-order chi connectivity index (χ0) is 30.9. The maximum absolute atomic E-state index is 12.4. The molecule has 0 aliphatic carbocycles. The lowest BCUT2D eigenvalue weighted by Crippen LogP contribution is -2.45. The number of carbonyl (C=O) groups excluding carboxylic acids is 2. The standard InChI is InChI=1S/C28H34N6O9/c1-4-42-23-14-18(26-25(27(36)40-3)17(2)30-28(37)31-26)5-8-22(23)43-16-24(35)32-29-15-19-13-20(34(38)39)6-7-21(19)33-9-11-41-12-10-33/h5-8,13-15,24,26,32,35H,4,9-12,16H2,1-3H3,(H2,30,31,37)/b29-15-/t24-,26+/m1/s1. The first-order valence-electron chi connectivity index (χ1n) is 13.6. The van der Waals surface area contributed by atoms with E-state index in [1.54, 1.807) is 38.1 Å². The van der Waals surface area contributed by atoms with Crippen molar-refractivity contribution in [3.05, 3.63) is 68.9 Å². The Balaban J connectivity index is 1.45. The fraction of sp³-hybridized carbons (Fsp3) is 0.393. The van der Waals surface area contributed by atoms with Crippen molar-refractivity contribution in [2.75, 3.05) is 51.5 Å². The molecule has 1 saturated heterocycles. The van der Waals surface area contributed by atoms with Gasteiger partial charge in [0, 0.05) is 42.2 Å². The number of nitro groups is 1. The molecule has 2 aromatic carbocycles. The molecule has 15 nitrogen and oxygen atoms in total. The van der Waals surface area contributed by atoms with Crippen molar-refractivity contribution in [2.45, 2.75) is 26.1 Å². The first kappa shape index (κ1) is 31.1. The average Bonchev–Trinajstić information content (AvgIpc) is 3.00. The van der Waals surface area contributed by atoms with Crippen LogP contribution in [0.25, 0.3) is 0 Å². The van der Waals surface area contributed by atoms with E-state index in [4.69, 9.17) is 18.9 Å². The van der Waals surface area contributed by atoms with Crippen LogP contribution in [0, 0.1) is 10.1 Å². The fourth-order valence-corrected chi connectivity index (χ4v) is 4.67. The van der Waals surface area contributed by atoms with E-state index in [-0.39, 0.29) is 17.9 Å². The van der Waals surface area contributed by atoms with Gasteiger partial charge < -0.3 is 39.6 Å². The summed E-state index contributed by atoms with van der Waals surface area (Å²) in [6, 6.07) is 8.18. The van der Waals surface area contributed by atoms with E-state index in [0.717, 1.165) is 5.69 Å². The van der Waals surface area contributed by atoms with Crippen molar-refractivity contribution in [3.63, 3.8) is 0 Å². The van der Waals surface area contributed by atoms with Crippen LogP contribution in [0.4, 0.5) is 16.2 Å². The van der Waals surface area contributed by atoms with E-state index < -0.39 is 29.2 Å². The summed E-state index contributed by atoms with van der Waals surface area (Å²) in [5.74, 6) is 0.0478. The van der Waals surface area contributed by atoms with E-state index in [2.05, 4.69) is 21.2 Å². The number of carbonyl (C=O) groups is 2. The normalized spacial score (nSPS) is 17.6. The number of nitrogens with one attached hydrogen (secondary N) is 3. The Kier molecular flexibility index (Phi) is 10.3. The van der Waals surface area contributed by atoms with Crippen molar-refractivity contribution in [3.8, 4) is 11.5 Å². The second-order valence-electron chi connectivity index (χ2n) is 9.51. The molecule has 4 N–H and O–H groups in total. The molecule has 0 aromatic heterocycles. The highest BCUT2D eigenvalue weighted by Crippen LogP contribution is 2.35. The number of nitro benzene ring substituents is 1. The predicted octanol–water partition coefficient (Wildman–Crippen LogP) is 1.95. The van der Waals surface area contributed by atoms with Gasteiger partial charge in [-0.25, -0.2) is 9.59 Å². The summed E-state index contributed by atoms with van der Waals surface area (Å²) in [7, 11) is 1.26. The van der Waals surface area contributed by atoms with Crippen LogP contribution < -0.4 is 30.4 Å². The molecular formula is C28H34N6O9. The molecule has 43 heavy (non-hydrogen) atoms. The topological polar surface area (TPSA) is 186 Å². The average molecular weight is 599 g/mol. The Morgan fingerprint density at radius 2 is 2.02 bits per heavy atom. The fourth-order valence-electron chi connectivity index (χ4n) is 4.67. The summed E-state index contributed by atoms with van der Waals surface area (Å²) in [5.41, 5.74) is 4.92. The summed E-state index contributed by atoms with van der Waals surface area (Å²) in [6.45, 7) is 5.83. The van der Waals surface area contributed by atoms with Crippen molar-refractivity contribution in [2.24, 2.45) is 5.10 Å². The number of hydrazone groups is 1. The summed E-state index contributed by atoms with van der Waals surface area (Å²) in [6.07, 6.45) is 0.166. The monoisotopic (exact) mass is 598 g/mol. The van der Waals surface area contributed by atoms with Crippen molar-refractivity contribution in [1.82, 2.24) is 16.1 Å². The summed E-state index contributed by atoms with van der Waals surface area (Å²) in [4.78, 5) is 37.5. The van der Waals surface area contributed by atoms with Gasteiger partial charge in [0.05, 0.1) is 49.7 Å². The second kappa shape index (κ2) is 14.3. The molecule has 230 valence electrons. The van der Waals surface area contributed by atoms with Crippen LogP contribution in [0.3, 0.4) is 0 Å². The number of non-ortho nitro benzene ring substituents is 1. The molecule has 0 bridgehead atoms. The molecule has 2 atom stereocenters. The predicted molar refractivity (Wildman–Crippen MR) is 155 cm³/mol. The summed E-state index contributed by atoms with van der Waals surface area (Å²) >= 11 is 0. The van der Waals surface area contributed by atoms with E-state index in [0.29, 0.717) is 61.2 Å². The zero-order valence-electron chi connectivity index (χ0n) is 24.0. The van der Waals surface area contributed by atoms with Gasteiger partial charge in [-0.15, -0.1) is 0 Å². The summed E-state index contributed by atoms with van der Waals surface area (Å²) < 4.78 is 21.8. The highest BCUT2D eigenvalue weighted by molar-refractivity contribution is 5.95. The number of morpholine rings is 1. The number of esters is 1. The van der Waals surface area contributed by atoms with Crippen molar-refractivity contribution in [1.29, 1.82) is 0 Å². The van der Waals surface area contributed by atoms with Crippen molar-refractivity contribution < 1.29 is 38.6 Å². The number of rotatable bonds is 12. The number of hydrogen-bond acceptors (Lipinski definition) is 12. The molecule has 4 rings (SSSR count). The Hall–Kier alpha value is -4.89. The number of hydrogen-bond donors (Lipinski definition) is 4. The van der Waals surface area contributed by atoms with Crippen LogP contribution >= 0.6 is 0 Å². The maximum Gasteiger partial charge on any atom is 0.337 e. The number of nitrogens with zero attached hydrogens (tertiary/aromatic N) is 3. The van der Waals surface area contributed by atoms with Gasteiger partial charge in [0.1, 0.15) is 6.61 Å². The number of ether oxygens (including phenoxy) is 4. The first-order valence-corrected chi connectivity index (χ1v) is 13.6. The van der Waals surface area contributed by atoms with Gasteiger partial charge >= 0.3 is 12.0 Å². The minimum absolute atomic E-state index is 0.0809. The third kappa shape index (κ3) is 7.69. The van der Waals surface area contributed by atoms with Crippen LogP contribution in [0.15, 0.2) is 52.8 Å². The third-order valence-corrected chi connectivity index (χ3v) is 6.67. The molecule has 0 saturated carbocycles. The largest absolute Gasteiger partial charge is 0.490 e. The van der Waals surface area contributed by atoms with Gasteiger partial charge in [-0.2, -0.15) is 5.10 Å². The van der Waals surface area contributed by atoms with Gasteiger partial charge in [-0.3, -0.25) is 15.5 Å². The van der Waals surface area contributed by atoms with Gasteiger partial charge in [-0.05, 0) is 37.6 Å². The Labute approximate surface area is 247 Å². The highest BCUT2D eigenvalue weighted by atomic mass is 16.6. The van der Waals surface area contributed by atoms with Crippen LogP contribution in [0.5, 0.6) is 11.5 Å². The maximum atomic E-state index is 12.4. The smallest absolute Gasteiger partial charge is 0.337 e. The van der Waals surface area contributed by atoms with Crippen LogP contribution in [0.1, 0.15) is 31.0 Å². The number of aliphatic hydroxyl groups is 1. The molecule has 2 amide bonds.